The van der Waals surface area contributed by atoms with Gasteiger partial charge < -0.3 is 14.4 Å². The molecule has 5 heteroatoms. The molecule has 1 amide bonds. The van der Waals surface area contributed by atoms with Crippen molar-refractivity contribution in [2.75, 3.05) is 26.4 Å². The van der Waals surface area contributed by atoms with Gasteiger partial charge in [0.05, 0.1) is 13.2 Å². The first-order chi connectivity index (χ1) is 11.1. The molecule has 0 unspecified atom stereocenters. The lowest BCUT2D eigenvalue weighted by Gasteiger charge is -2.27. The highest BCUT2D eigenvalue weighted by atomic mass is 19.1. The molecule has 0 aromatic heterocycles. The minimum atomic E-state index is -0.469. The molecule has 0 bridgehead atoms. The van der Waals surface area contributed by atoms with Gasteiger partial charge in [0.1, 0.15) is 11.9 Å². The summed E-state index contributed by atoms with van der Waals surface area (Å²) in [7, 11) is 0. The van der Waals surface area contributed by atoms with Crippen LogP contribution in [-0.2, 0) is 20.7 Å². The molecule has 0 saturated carbocycles. The fourth-order valence-corrected chi connectivity index (χ4v) is 3.01. The minimum Gasteiger partial charge on any atom is -0.379 e. The number of rotatable bonds is 8. The lowest BCUT2D eigenvalue weighted by atomic mass is 10.0. The molecule has 128 valence electrons. The summed E-state index contributed by atoms with van der Waals surface area (Å²) in [5.74, 6) is -0.216. The van der Waals surface area contributed by atoms with Crippen LogP contribution in [0.2, 0.25) is 0 Å². The van der Waals surface area contributed by atoms with Gasteiger partial charge >= 0.3 is 0 Å². The second-order valence-electron chi connectivity index (χ2n) is 5.87. The van der Waals surface area contributed by atoms with E-state index in [4.69, 9.17) is 9.47 Å². The maximum Gasteiger partial charge on any atom is 0.251 e. The van der Waals surface area contributed by atoms with Crippen molar-refractivity contribution in [3.05, 3.63) is 35.6 Å². The third-order valence-corrected chi connectivity index (χ3v) is 4.17. The number of ether oxygens (including phenoxy) is 2. The van der Waals surface area contributed by atoms with Crippen molar-refractivity contribution in [2.45, 2.75) is 45.3 Å². The van der Waals surface area contributed by atoms with E-state index >= 15 is 0 Å². The van der Waals surface area contributed by atoms with Crippen LogP contribution >= 0.6 is 0 Å². The van der Waals surface area contributed by atoms with Crippen LogP contribution in [0.3, 0.4) is 0 Å². The van der Waals surface area contributed by atoms with E-state index in [1.165, 1.54) is 6.07 Å². The van der Waals surface area contributed by atoms with E-state index in [0.717, 1.165) is 24.9 Å². The molecule has 2 atom stereocenters. The molecule has 1 aliphatic rings. The number of carbonyl (C=O) groups is 1. The van der Waals surface area contributed by atoms with Crippen molar-refractivity contribution in [1.82, 2.24) is 4.90 Å². The Balaban J connectivity index is 1.88. The van der Waals surface area contributed by atoms with E-state index < -0.39 is 6.10 Å². The highest BCUT2D eigenvalue weighted by Gasteiger charge is 2.31. The zero-order valence-corrected chi connectivity index (χ0v) is 14.0. The van der Waals surface area contributed by atoms with E-state index in [9.17, 15) is 9.18 Å². The minimum absolute atomic E-state index is 0.0143. The quantitative estimate of drug-likeness (QED) is 0.691. The number of amides is 1. The maximum atomic E-state index is 13.3. The van der Waals surface area contributed by atoms with Crippen molar-refractivity contribution >= 4 is 5.91 Å². The summed E-state index contributed by atoms with van der Waals surface area (Å²) in [6.45, 7) is 6.02. The van der Waals surface area contributed by atoms with Gasteiger partial charge in [-0.1, -0.05) is 12.1 Å². The Morgan fingerprint density at radius 2 is 2.26 bits per heavy atom. The van der Waals surface area contributed by atoms with Gasteiger partial charge in [-0.3, -0.25) is 4.79 Å². The number of carbonyl (C=O) groups excluding carboxylic acids is 1. The fourth-order valence-electron chi connectivity index (χ4n) is 3.01. The van der Waals surface area contributed by atoms with Crippen LogP contribution in [0.1, 0.15) is 32.3 Å². The Hall–Kier alpha value is -1.46. The van der Waals surface area contributed by atoms with Crippen LogP contribution in [0, 0.1) is 5.82 Å². The lowest BCUT2D eigenvalue weighted by molar-refractivity contribution is -0.144. The van der Waals surface area contributed by atoms with E-state index in [1.807, 2.05) is 17.9 Å². The van der Waals surface area contributed by atoms with Crippen LogP contribution in [0.25, 0.3) is 0 Å². The highest BCUT2D eigenvalue weighted by molar-refractivity contribution is 5.81. The third-order valence-electron chi connectivity index (χ3n) is 4.17. The predicted octanol–water partition coefficient (Wildman–Crippen LogP) is 2.80. The largest absolute Gasteiger partial charge is 0.379 e. The van der Waals surface area contributed by atoms with Crippen molar-refractivity contribution < 1.29 is 18.7 Å². The molecule has 0 spiro atoms. The number of halogens is 1. The van der Waals surface area contributed by atoms with Gasteiger partial charge in [0, 0.05) is 19.2 Å². The van der Waals surface area contributed by atoms with Gasteiger partial charge in [-0.05, 0) is 50.8 Å². The molecule has 1 aromatic carbocycles. The fraction of sp³-hybridized carbons (Fsp3) is 0.611. The second kappa shape index (κ2) is 8.99. The molecule has 0 N–H and O–H groups in total. The molecular weight excluding hydrogens is 297 g/mol. The Labute approximate surface area is 137 Å². The maximum absolute atomic E-state index is 13.3. The second-order valence-corrected chi connectivity index (χ2v) is 5.87. The summed E-state index contributed by atoms with van der Waals surface area (Å²) in [5, 5.41) is 0. The highest BCUT2D eigenvalue weighted by Crippen LogP contribution is 2.22. The molecule has 4 nitrogen and oxygen atoms in total. The molecule has 1 heterocycles. The number of nitrogens with zero attached hydrogens (tertiary/aromatic N) is 1. The van der Waals surface area contributed by atoms with E-state index in [0.29, 0.717) is 26.2 Å². The lowest BCUT2D eigenvalue weighted by Crippen LogP contribution is -2.43. The molecular formula is C18H26FNO3. The first-order valence-electron chi connectivity index (χ1n) is 8.36. The molecule has 2 rings (SSSR count). The van der Waals surface area contributed by atoms with Crippen molar-refractivity contribution in [2.24, 2.45) is 0 Å². The number of hydrogen-bond acceptors (Lipinski definition) is 3. The van der Waals surface area contributed by atoms with Crippen LogP contribution in [0.5, 0.6) is 0 Å². The molecule has 1 aromatic rings. The Bertz CT molecular complexity index is 509. The average molecular weight is 323 g/mol. The average Bonchev–Trinajstić information content (AvgIpc) is 2.98. The van der Waals surface area contributed by atoms with E-state index in [1.54, 1.807) is 19.1 Å². The van der Waals surface area contributed by atoms with Crippen molar-refractivity contribution in [3.63, 3.8) is 0 Å². The number of likely N-dealkylation sites (tertiary alicyclic amines) is 1. The summed E-state index contributed by atoms with van der Waals surface area (Å²) in [6.07, 6.45) is 2.16. The van der Waals surface area contributed by atoms with E-state index in [2.05, 4.69) is 0 Å². The molecule has 1 fully saturated rings. The number of hydrogen-bond donors (Lipinski definition) is 0. The van der Waals surface area contributed by atoms with Crippen LogP contribution in [0.15, 0.2) is 24.3 Å². The zero-order valence-electron chi connectivity index (χ0n) is 14.0. The van der Waals surface area contributed by atoms with E-state index in [-0.39, 0.29) is 17.8 Å². The Morgan fingerprint density at radius 3 is 3.00 bits per heavy atom. The van der Waals surface area contributed by atoms with Crippen LogP contribution < -0.4 is 0 Å². The molecule has 0 radical (unpaired) electrons. The van der Waals surface area contributed by atoms with Crippen molar-refractivity contribution in [1.29, 1.82) is 0 Å². The normalized spacial score (nSPS) is 19.1. The molecule has 1 aliphatic heterocycles. The van der Waals surface area contributed by atoms with Gasteiger partial charge in [-0.15, -0.1) is 0 Å². The summed E-state index contributed by atoms with van der Waals surface area (Å²) >= 11 is 0. The first-order valence-corrected chi connectivity index (χ1v) is 8.36. The summed E-state index contributed by atoms with van der Waals surface area (Å²) in [4.78, 5) is 14.4. The smallest absolute Gasteiger partial charge is 0.251 e. The van der Waals surface area contributed by atoms with Crippen LogP contribution in [-0.4, -0.2) is 49.3 Å². The third kappa shape index (κ3) is 5.29. The van der Waals surface area contributed by atoms with Gasteiger partial charge in [-0.2, -0.15) is 0 Å². The zero-order chi connectivity index (χ0) is 16.7. The number of benzene rings is 1. The summed E-state index contributed by atoms with van der Waals surface area (Å²) in [5.41, 5.74) is 0.930. The van der Waals surface area contributed by atoms with Gasteiger partial charge in [0.25, 0.3) is 5.91 Å². The van der Waals surface area contributed by atoms with Crippen LogP contribution in [0.4, 0.5) is 4.39 Å². The van der Waals surface area contributed by atoms with Gasteiger partial charge in [0.2, 0.25) is 0 Å². The monoisotopic (exact) mass is 323 g/mol. The summed E-state index contributed by atoms with van der Waals surface area (Å²) in [6, 6.07) is 6.73. The SMILES string of the molecule is CCOCCO[C@@H](C)C(=O)N1CCC[C@@H]1Cc1cccc(F)c1. The molecule has 23 heavy (non-hydrogen) atoms. The summed E-state index contributed by atoms with van der Waals surface area (Å²) < 4.78 is 24.1. The van der Waals surface area contributed by atoms with Crippen molar-refractivity contribution in [3.8, 4) is 0 Å². The Morgan fingerprint density at radius 1 is 1.43 bits per heavy atom. The molecule has 0 aliphatic carbocycles. The molecule has 1 saturated heterocycles. The predicted molar refractivity (Wildman–Crippen MR) is 86.7 cm³/mol. The Kier molecular flexibility index (Phi) is 6.99. The van der Waals surface area contributed by atoms with Gasteiger partial charge in [0.15, 0.2) is 0 Å². The standard InChI is InChI=1S/C18H26FNO3/c1-3-22-10-11-23-14(2)18(21)20-9-5-8-17(20)13-15-6-4-7-16(19)12-15/h4,6-7,12,14,17H,3,5,8-11,13H2,1-2H3/t14-,17+/m0/s1. The first kappa shape index (κ1) is 17.9. The van der Waals surface area contributed by atoms with Gasteiger partial charge in [-0.25, -0.2) is 4.39 Å². The topological polar surface area (TPSA) is 38.8 Å².